The molecule has 1 N–H and O–H groups in total. The number of ether oxygens (including phenoxy) is 1. The summed E-state index contributed by atoms with van der Waals surface area (Å²) < 4.78 is 7.71. The van der Waals surface area contributed by atoms with E-state index in [0.717, 1.165) is 63.4 Å². The fourth-order valence-electron chi connectivity index (χ4n) is 3.93. The van der Waals surface area contributed by atoms with Crippen molar-refractivity contribution in [2.24, 2.45) is 10.9 Å². The number of guanidine groups is 1. The van der Waals surface area contributed by atoms with Gasteiger partial charge < -0.3 is 19.5 Å². The molecule has 0 saturated carbocycles. The summed E-state index contributed by atoms with van der Waals surface area (Å²) in [6.45, 7) is 7.39. The Kier molecular flexibility index (Phi) is 9.22. The number of benzene rings is 1. The van der Waals surface area contributed by atoms with Gasteiger partial charge in [0.2, 0.25) is 0 Å². The van der Waals surface area contributed by atoms with E-state index in [-0.39, 0.29) is 0 Å². The van der Waals surface area contributed by atoms with Crippen molar-refractivity contribution < 1.29 is 4.74 Å². The van der Waals surface area contributed by atoms with Gasteiger partial charge in [-0.15, -0.1) is 0 Å². The van der Waals surface area contributed by atoms with Crippen LogP contribution in [0, 0.1) is 5.92 Å². The van der Waals surface area contributed by atoms with Crippen LogP contribution in [-0.4, -0.2) is 53.8 Å². The lowest BCUT2D eigenvalue weighted by molar-refractivity contribution is 0.0625. The number of rotatable bonds is 10. The Bertz CT molecular complexity index is 752. The van der Waals surface area contributed by atoms with E-state index >= 15 is 0 Å². The lowest BCUT2D eigenvalue weighted by Crippen LogP contribution is -2.40. The Morgan fingerprint density at radius 1 is 1.27 bits per heavy atom. The van der Waals surface area contributed by atoms with E-state index in [2.05, 4.69) is 70.3 Å². The van der Waals surface area contributed by atoms with E-state index in [1.54, 1.807) is 0 Å². The van der Waals surface area contributed by atoms with Crippen molar-refractivity contribution in [3.63, 3.8) is 0 Å². The molecule has 3 rings (SSSR count). The van der Waals surface area contributed by atoms with Gasteiger partial charge in [0.15, 0.2) is 5.96 Å². The molecule has 0 unspecified atom stereocenters. The maximum Gasteiger partial charge on any atom is 0.194 e. The first kappa shape index (κ1) is 22.3. The minimum absolute atomic E-state index is 0.599. The molecule has 2 aromatic rings. The SMILES string of the molecule is CCNC(=NCc1nccn1CCCc1ccccc1)N(C)CCC1CCOCC1. The number of nitrogens with one attached hydrogen (secondary N) is 1. The van der Waals surface area contributed by atoms with Crippen LogP contribution in [0.15, 0.2) is 47.7 Å². The van der Waals surface area contributed by atoms with Gasteiger partial charge in [0.1, 0.15) is 12.4 Å². The molecule has 0 amide bonds. The van der Waals surface area contributed by atoms with Crippen molar-refractivity contribution in [1.82, 2.24) is 19.8 Å². The molecule has 0 aliphatic carbocycles. The number of hydrogen-bond acceptors (Lipinski definition) is 3. The van der Waals surface area contributed by atoms with E-state index in [1.807, 2.05) is 6.20 Å². The zero-order valence-electron chi connectivity index (χ0n) is 18.6. The molecule has 164 valence electrons. The van der Waals surface area contributed by atoms with Gasteiger partial charge in [-0.3, -0.25) is 0 Å². The summed E-state index contributed by atoms with van der Waals surface area (Å²) in [5.41, 5.74) is 1.39. The highest BCUT2D eigenvalue weighted by Gasteiger charge is 2.15. The van der Waals surface area contributed by atoms with Crippen molar-refractivity contribution >= 4 is 5.96 Å². The Balaban J connectivity index is 1.50. The standard InChI is InChI=1S/C24H37N5O/c1-3-25-24(28(2)16-11-22-12-18-30-19-13-22)27-20-23-26-14-17-29(23)15-7-10-21-8-5-4-6-9-21/h4-6,8-9,14,17,22H,3,7,10-13,15-16,18-20H2,1-2H3,(H,25,27). The van der Waals surface area contributed by atoms with Crippen LogP contribution in [0.5, 0.6) is 0 Å². The molecule has 1 fully saturated rings. The summed E-state index contributed by atoms with van der Waals surface area (Å²) in [6, 6.07) is 10.7. The molecule has 1 saturated heterocycles. The third-order valence-electron chi connectivity index (χ3n) is 5.79. The molecule has 6 nitrogen and oxygen atoms in total. The summed E-state index contributed by atoms with van der Waals surface area (Å²) in [6.07, 6.45) is 9.69. The lowest BCUT2D eigenvalue weighted by atomic mass is 9.96. The molecule has 0 spiro atoms. The third-order valence-corrected chi connectivity index (χ3v) is 5.79. The van der Waals surface area contributed by atoms with Gasteiger partial charge >= 0.3 is 0 Å². The number of imidazole rings is 1. The monoisotopic (exact) mass is 411 g/mol. The minimum Gasteiger partial charge on any atom is -0.381 e. The predicted molar refractivity (Wildman–Crippen MR) is 123 cm³/mol. The maximum atomic E-state index is 5.48. The van der Waals surface area contributed by atoms with Crippen LogP contribution in [0.3, 0.4) is 0 Å². The van der Waals surface area contributed by atoms with E-state index in [1.165, 1.54) is 24.8 Å². The molecule has 2 heterocycles. The van der Waals surface area contributed by atoms with E-state index in [4.69, 9.17) is 9.73 Å². The summed E-state index contributed by atoms with van der Waals surface area (Å²) in [5.74, 6) is 2.76. The van der Waals surface area contributed by atoms with Crippen molar-refractivity contribution in [2.45, 2.75) is 52.1 Å². The average molecular weight is 412 g/mol. The fourth-order valence-corrected chi connectivity index (χ4v) is 3.93. The first-order valence-corrected chi connectivity index (χ1v) is 11.4. The smallest absolute Gasteiger partial charge is 0.194 e. The van der Waals surface area contributed by atoms with Crippen LogP contribution in [0.4, 0.5) is 0 Å². The number of nitrogens with zero attached hydrogens (tertiary/aromatic N) is 4. The molecule has 0 bridgehead atoms. The second-order valence-corrected chi connectivity index (χ2v) is 8.06. The van der Waals surface area contributed by atoms with E-state index in [9.17, 15) is 0 Å². The average Bonchev–Trinajstić information content (AvgIpc) is 3.23. The van der Waals surface area contributed by atoms with Gasteiger partial charge in [0.05, 0.1) is 0 Å². The van der Waals surface area contributed by atoms with Crippen LogP contribution in [0.25, 0.3) is 0 Å². The Hall–Kier alpha value is -2.34. The van der Waals surface area contributed by atoms with Gasteiger partial charge in [-0.05, 0) is 50.5 Å². The minimum atomic E-state index is 0.599. The third kappa shape index (κ3) is 7.17. The van der Waals surface area contributed by atoms with Gasteiger partial charge in [-0.1, -0.05) is 30.3 Å². The predicted octanol–water partition coefficient (Wildman–Crippen LogP) is 3.73. The zero-order chi connectivity index (χ0) is 21.0. The molecular weight excluding hydrogens is 374 g/mol. The van der Waals surface area contributed by atoms with Crippen molar-refractivity contribution in [3.8, 4) is 0 Å². The highest BCUT2D eigenvalue weighted by atomic mass is 16.5. The molecule has 1 aliphatic heterocycles. The second-order valence-electron chi connectivity index (χ2n) is 8.06. The fraction of sp³-hybridized carbons (Fsp3) is 0.583. The molecule has 6 heteroatoms. The highest BCUT2D eigenvalue weighted by Crippen LogP contribution is 2.18. The van der Waals surface area contributed by atoms with E-state index < -0.39 is 0 Å². The van der Waals surface area contributed by atoms with Crippen LogP contribution in [0.2, 0.25) is 0 Å². The summed E-state index contributed by atoms with van der Waals surface area (Å²) in [5, 5.41) is 3.43. The molecule has 1 aromatic heterocycles. The van der Waals surface area contributed by atoms with Crippen LogP contribution in [-0.2, 0) is 24.2 Å². The van der Waals surface area contributed by atoms with Gasteiger partial charge in [0.25, 0.3) is 0 Å². The first-order chi connectivity index (χ1) is 14.8. The van der Waals surface area contributed by atoms with Crippen LogP contribution < -0.4 is 5.32 Å². The number of aliphatic imine (C=N–C) groups is 1. The molecule has 1 aromatic carbocycles. The van der Waals surface area contributed by atoms with Crippen molar-refractivity contribution in [2.75, 3.05) is 33.4 Å². The summed E-state index contributed by atoms with van der Waals surface area (Å²) in [4.78, 5) is 11.7. The Labute approximate surface area is 181 Å². The molecule has 1 aliphatic rings. The summed E-state index contributed by atoms with van der Waals surface area (Å²) in [7, 11) is 2.13. The number of aryl methyl sites for hydroxylation is 2. The highest BCUT2D eigenvalue weighted by molar-refractivity contribution is 5.79. The maximum absolute atomic E-state index is 5.48. The Morgan fingerprint density at radius 3 is 2.83 bits per heavy atom. The normalized spacial score (nSPS) is 15.3. The molecule has 0 radical (unpaired) electrons. The summed E-state index contributed by atoms with van der Waals surface area (Å²) >= 11 is 0. The van der Waals surface area contributed by atoms with Crippen molar-refractivity contribution in [3.05, 3.63) is 54.1 Å². The second kappa shape index (κ2) is 12.4. The van der Waals surface area contributed by atoms with E-state index in [0.29, 0.717) is 6.54 Å². The Morgan fingerprint density at radius 2 is 2.07 bits per heavy atom. The number of aromatic nitrogens is 2. The van der Waals surface area contributed by atoms with Gasteiger partial charge in [0, 0.05) is 52.3 Å². The van der Waals surface area contributed by atoms with Crippen LogP contribution in [0.1, 0.15) is 44.0 Å². The zero-order valence-corrected chi connectivity index (χ0v) is 18.6. The van der Waals surface area contributed by atoms with Gasteiger partial charge in [-0.2, -0.15) is 0 Å². The molecular formula is C24H37N5O. The first-order valence-electron chi connectivity index (χ1n) is 11.4. The lowest BCUT2D eigenvalue weighted by Gasteiger charge is -2.26. The quantitative estimate of drug-likeness (QED) is 0.478. The molecule has 30 heavy (non-hydrogen) atoms. The molecule has 0 atom stereocenters. The van der Waals surface area contributed by atoms with Crippen LogP contribution >= 0.6 is 0 Å². The van der Waals surface area contributed by atoms with Gasteiger partial charge in [-0.25, -0.2) is 9.98 Å². The van der Waals surface area contributed by atoms with Crippen molar-refractivity contribution in [1.29, 1.82) is 0 Å². The number of hydrogen-bond donors (Lipinski definition) is 1. The largest absolute Gasteiger partial charge is 0.381 e. The topological polar surface area (TPSA) is 54.7 Å².